The lowest BCUT2D eigenvalue weighted by molar-refractivity contribution is 0.106. The third kappa shape index (κ3) is 4.08. The number of aliphatic hydroxyl groups is 1. The maximum absolute atomic E-state index is 10.8. The van der Waals surface area contributed by atoms with Crippen LogP contribution in [0.4, 0.5) is 0 Å². The van der Waals surface area contributed by atoms with Crippen molar-refractivity contribution >= 4 is 0 Å². The molecule has 0 bridgehead atoms. The fourth-order valence-electron chi connectivity index (χ4n) is 3.65. The minimum atomic E-state index is -0.412. The predicted octanol–water partition coefficient (Wildman–Crippen LogP) is 4.28. The van der Waals surface area contributed by atoms with Crippen LogP contribution in [0, 0.1) is 19.8 Å². The van der Waals surface area contributed by atoms with Crippen molar-refractivity contribution < 1.29 is 5.11 Å². The van der Waals surface area contributed by atoms with E-state index < -0.39 is 6.10 Å². The van der Waals surface area contributed by atoms with E-state index >= 15 is 0 Å². The smallest absolute Gasteiger partial charge is 0.0945 e. The Morgan fingerprint density at radius 3 is 2.57 bits per heavy atom. The normalized spacial score (nSPS) is 25.6. The summed E-state index contributed by atoms with van der Waals surface area (Å²) < 4.78 is 0. The molecule has 1 fully saturated rings. The number of nitrogens with one attached hydrogen (secondary N) is 1. The quantitative estimate of drug-likeness (QED) is 0.848. The van der Waals surface area contributed by atoms with E-state index in [2.05, 4.69) is 51.2 Å². The first-order valence-electron chi connectivity index (χ1n) is 8.54. The minimum absolute atomic E-state index is 0.150. The summed E-state index contributed by atoms with van der Waals surface area (Å²) in [5.74, 6) is 0.721. The van der Waals surface area contributed by atoms with Gasteiger partial charge in [0.2, 0.25) is 0 Å². The van der Waals surface area contributed by atoms with Gasteiger partial charge in [-0.2, -0.15) is 0 Å². The van der Waals surface area contributed by atoms with Gasteiger partial charge in [0.1, 0.15) is 0 Å². The summed E-state index contributed by atoms with van der Waals surface area (Å²) in [6.07, 6.45) is 5.78. The van der Waals surface area contributed by atoms with E-state index in [9.17, 15) is 5.11 Å². The molecule has 0 amide bonds. The Balaban J connectivity index is 2.08. The molecule has 2 rings (SSSR count). The van der Waals surface area contributed by atoms with Crippen LogP contribution in [-0.4, -0.2) is 17.2 Å². The number of aryl methyl sites for hydroxylation is 2. The van der Waals surface area contributed by atoms with Crippen LogP contribution >= 0.6 is 0 Å². The number of benzene rings is 1. The van der Waals surface area contributed by atoms with Crippen molar-refractivity contribution in [3.63, 3.8) is 0 Å². The molecular formula is C19H31NO. The molecular weight excluding hydrogens is 258 g/mol. The lowest BCUT2D eigenvalue weighted by atomic mass is 9.84. The minimum Gasteiger partial charge on any atom is -0.387 e. The fraction of sp³-hybridized carbons (Fsp3) is 0.684. The summed E-state index contributed by atoms with van der Waals surface area (Å²) in [6.45, 7) is 8.70. The Morgan fingerprint density at radius 1 is 1.24 bits per heavy atom. The molecule has 2 N–H and O–H groups in total. The predicted molar refractivity (Wildman–Crippen MR) is 89.5 cm³/mol. The van der Waals surface area contributed by atoms with Crippen molar-refractivity contribution in [2.45, 2.75) is 78.0 Å². The molecule has 0 aliphatic heterocycles. The number of aliphatic hydroxyl groups excluding tert-OH is 1. The third-order valence-electron chi connectivity index (χ3n) is 5.10. The number of rotatable bonds is 5. The first-order chi connectivity index (χ1) is 10.0. The Bertz CT molecular complexity index is 457. The Kier molecular flexibility index (Phi) is 5.83. The van der Waals surface area contributed by atoms with Gasteiger partial charge in [-0.05, 0) is 50.2 Å². The SMILES string of the molecule is CCC(NC1CCCCC1C)C(O)c1ccc(C)cc1C. The molecule has 1 aromatic rings. The lowest BCUT2D eigenvalue weighted by Crippen LogP contribution is -2.46. The van der Waals surface area contributed by atoms with Gasteiger partial charge in [0.25, 0.3) is 0 Å². The van der Waals surface area contributed by atoms with E-state index in [-0.39, 0.29) is 6.04 Å². The lowest BCUT2D eigenvalue weighted by Gasteiger charge is -2.35. The van der Waals surface area contributed by atoms with Crippen molar-refractivity contribution in [3.05, 3.63) is 34.9 Å². The van der Waals surface area contributed by atoms with Gasteiger partial charge in [0.05, 0.1) is 6.10 Å². The molecule has 1 aromatic carbocycles. The molecule has 0 aromatic heterocycles. The first kappa shape index (κ1) is 16.5. The summed E-state index contributed by atoms with van der Waals surface area (Å²) in [5, 5.41) is 14.6. The van der Waals surface area contributed by atoms with Crippen molar-refractivity contribution in [1.82, 2.24) is 5.32 Å². The van der Waals surface area contributed by atoms with Crippen LogP contribution in [0.15, 0.2) is 18.2 Å². The van der Waals surface area contributed by atoms with E-state index in [1.54, 1.807) is 0 Å². The van der Waals surface area contributed by atoms with Gasteiger partial charge in [0, 0.05) is 12.1 Å². The molecule has 2 heteroatoms. The molecule has 1 aliphatic carbocycles. The Hall–Kier alpha value is -0.860. The maximum Gasteiger partial charge on any atom is 0.0945 e. The zero-order valence-corrected chi connectivity index (χ0v) is 14.0. The number of hydrogen-bond acceptors (Lipinski definition) is 2. The highest BCUT2D eigenvalue weighted by Crippen LogP contribution is 2.28. The van der Waals surface area contributed by atoms with E-state index in [1.807, 2.05) is 0 Å². The zero-order valence-electron chi connectivity index (χ0n) is 14.0. The topological polar surface area (TPSA) is 32.3 Å². The van der Waals surface area contributed by atoms with Crippen LogP contribution < -0.4 is 5.32 Å². The Labute approximate surface area is 130 Å². The van der Waals surface area contributed by atoms with Crippen molar-refractivity contribution in [2.24, 2.45) is 5.92 Å². The van der Waals surface area contributed by atoms with Crippen LogP contribution in [0.1, 0.15) is 68.7 Å². The summed E-state index contributed by atoms with van der Waals surface area (Å²) in [7, 11) is 0. The molecule has 21 heavy (non-hydrogen) atoms. The zero-order chi connectivity index (χ0) is 15.4. The Morgan fingerprint density at radius 2 is 1.95 bits per heavy atom. The van der Waals surface area contributed by atoms with Crippen LogP contribution in [0.3, 0.4) is 0 Å². The van der Waals surface area contributed by atoms with Crippen molar-refractivity contribution in [3.8, 4) is 0 Å². The van der Waals surface area contributed by atoms with Crippen LogP contribution in [0.2, 0.25) is 0 Å². The molecule has 0 radical (unpaired) electrons. The molecule has 0 spiro atoms. The van der Waals surface area contributed by atoms with Crippen LogP contribution in [-0.2, 0) is 0 Å². The van der Waals surface area contributed by atoms with Crippen molar-refractivity contribution in [2.75, 3.05) is 0 Å². The summed E-state index contributed by atoms with van der Waals surface area (Å²) in [6, 6.07) is 7.06. The number of hydrogen-bond donors (Lipinski definition) is 2. The highest BCUT2D eigenvalue weighted by atomic mass is 16.3. The summed E-state index contributed by atoms with van der Waals surface area (Å²) in [5.41, 5.74) is 3.52. The standard InChI is InChI=1S/C19H31NO/c1-5-17(20-18-9-7-6-8-14(18)3)19(21)16-11-10-13(2)12-15(16)4/h10-12,14,17-21H,5-9H2,1-4H3. The van der Waals surface area contributed by atoms with E-state index in [0.29, 0.717) is 6.04 Å². The third-order valence-corrected chi connectivity index (χ3v) is 5.10. The molecule has 0 heterocycles. The van der Waals surface area contributed by atoms with Gasteiger partial charge in [-0.25, -0.2) is 0 Å². The van der Waals surface area contributed by atoms with Gasteiger partial charge in [-0.1, -0.05) is 50.5 Å². The highest BCUT2D eigenvalue weighted by molar-refractivity contribution is 5.32. The average molecular weight is 289 g/mol. The molecule has 1 aliphatic rings. The van der Waals surface area contributed by atoms with Crippen molar-refractivity contribution in [1.29, 1.82) is 0 Å². The van der Waals surface area contributed by atoms with E-state index in [4.69, 9.17) is 0 Å². The second-order valence-electron chi connectivity index (χ2n) is 6.85. The van der Waals surface area contributed by atoms with Crippen LogP contribution in [0.25, 0.3) is 0 Å². The maximum atomic E-state index is 10.8. The van der Waals surface area contributed by atoms with Gasteiger partial charge in [0.15, 0.2) is 0 Å². The summed E-state index contributed by atoms with van der Waals surface area (Å²) >= 11 is 0. The molecule has 118 valence electrons. The fourth-order valence-corrected chi connectivity index (χ4v) is 3.65. The first-order valence-corrected chi connectivity index (χ1v) is 8.54. The largest absolute Gasteiger partial charge is 0.387 e. The van der Waals surface area contributed by atoms with Crippen LogP contribution in [0.5, 0.6) is 0 Å². The van der Waals surface area contributed by atoms with Gasteiger partial charge in [-0.15, -0.1) is 0 Å². The molecule has 4 unspecified atom stereocenters. The molecule has 4 atom stereocenters. The molecule has 0 saturated heterocycles. The molecule has 1 saturated carbocycles. The van der Waals surface area contributed by atoms with Gasteiger partial charge >= 0.3 is 0 Å². The monoisotopic (exact) mass is 289 g/mol. The van der Waals surface area contributed by atoms with E-state index in [1.165, 1.54) is 36.8 Å². The average Bonchev–Trinajstić information content (AvgIpc) is 2.46. The van der Waals surface area contributed by atoms with Gasteiger partial charge in [-0.3, -0.25) is 0 Å². The van der Waals surface area contributed by atoms with E-state index in [0.717, 1.165) is 17.9 Å². The van der Waals surface area contributed by atoms with Gasteiger partial charge < -0.3 is 10.4 Å². The second kappa shape index (κ2) is 7.42. The highest BCUT2D eigenvalue weighted by Gasteiger charge is 2.27. The molecule has 2 nitrogen and oxygen atoms in total. The second-order valence-corrected chi connectivity index (χ2v) is 6.85. The summed E-state index contributed by atoms with van der Waals surface area (Å²) in [4.78, 5) is 0.